The summed E-state index contributed by atoms with van der Waals surface area (Å²) in [5.41, 5.74) is 0. The van der Waals surface area contributed by atoms with Gasteiger partial charge in [-0.2, -0.15) is 0 Å². The van der Waals surface area contributed by atoms with Crippen molar-refractivity contribution in [2.45, 2.75) is 216 Å². The number of rotatable bonds is 32. The van der Waals surface area contributed by atoms with Gasteiger partial charge in [-0.25, -0.2) is 0 Å². The standard InChI is InChI=1S/2C18H35O2.2Fe.Zn/c2*1-2-3-4-5-6-7-8-9-10-11-12-13-14-15-16-17-18(19)20;;;/h2*12H,2-11,13-17H2,1H3,(H,19,20);;;/q;;;;+2/p-2. The maximum Gasteiger partial charge on any atom is 2.00 e. The molecule has 0 radical (unpaired) electrons. The van der Waals surface area contributed by atoms with Crippen LogP contribution in [0.25, 0.3) is 0 Å². The molecular weight excluding hydrogens is 673 g/mol. The second-order valence-electron chi connectivity index (χ2n) is 12.3. The zero-order valence-corrected chi connectivity index (χ0v) is 33.6. The third-order valence-electron chi connectivity index (χ3n) is 8.01. The minimum absolute atomic E-state index is 0. The van der Waals surface area contributed by atoms with Gasteiger partial charge in [0.05, 0.1) is 0 Å². The summed E-state index contributed by atoms with van der Waals surface area (Å²) in [6, 6.07) is 0. The predicted molar refractivity (Wildman–Crippen MR) is 167 cm³/mol. The van der Waals surface area contributed by atoms with E-state index >= 15 is 0 Å². The maximum absolute atomic E-state index is 10.3. The second kappa shape index (κ2) is 40.6. The summed E-state index contributed by atoms with van der Waals surface area (Å²) in [4.78, 5) is 21.7. The van der Waals surface area contributed by atoms with Gasteiger partial charge in [0.1, 0.15) is 0 Å². The first-order chi connectivity index (χ1) is 20.3. The predicted octanol–water partition coefficient (Wildman–Crippen LogP) is 9.88. The van der Waals surface area contributed by atoms with Gasteiger partial charge in [-0.1, -0.05) is 0 Å². The normalized spacial score (nSPS) is 12.2. The molecule has 2 atom stereocenters. The van der Waals surface area contributed by atoms with Gasteiger partial charge >= 0.3 is 299 Å². The van der Waals surface area contributed by atoms with Crippen LogP contribution in [0.15, 0.2) is 0 Å². The van der Waals surface area contributed by atoms with Gasteiger partial charge in [-0.3, -0.25) is 0 Å². The third-order valence-corrected chi connectivity index (χ3v) is 9.29. The molecule has 0 N–H and O–H groups in total. The number of carbonyl (C=O) groups is 2. The van der Waals surface area contributed by atoms with Crippen LogP contribution in [0.3, 0.4) is 0 Å². The van der Waals surface area contributed by atoms with Crippen LogP contribution in [-0.4, -0.2) is 11.9 Å². The average Bonchev–Trinajstić information content (AvgIpc) is 2.95. The Morgan fingerprint density at radius 1 is 0.419 bits per heavy atom. The fourth-order valence-corrected chi connectivity index (χ4v) is 6.15. The van der Waals surface area contributed by atoms with Crippen LogP contribution in [0.2, 0.25) is 9.63 Å². The summed E-state index contributed by atoms with van der Waals surface area (Å²) >= 11 is 8.42. The molecule has 0 aromatic heterocycles. The molecule has 0 spiro atoms. The molecule has 0 heterocycles. The first kappa shape index (κ1) is 48.0. The average molecular weight is 742 g/mol. The molecule has 7 heteroatoms. The van der Waals surface area contributed by atoms with Crippen LogP contribution in [0.5, 0.6) is 0 Å². The molecule has 43 heavy (non-hydrogen) atoms. The summed E-state index contributed by atoms with van der Waals surface area (Å²) in [5.74, 6) is -1.84. The molecule has 0 saturated heterocycles. The third kappa shape index (κ3) is 47.1. The molecule has 0 aliphatic carbocycles. The first-order valence-electron chi connectivity index (χ1n) is 18.0. The Hall–Kier alpha value is 0.602. The molecule has 0 saturated carbocycles. The molecule has 0 aromatic rings. The van der Waals surface area contributed by atoms with Gasteiger partial charge in [-0.15, -0.1) is 0 Å². The van der Waals surface area contributed by atoms with Crippen LogP contribution < -0.4 is 10.2 Å². The van der Waals surface area contributed by atoms with Gasteiger partial charge in [0.15, 0.2) is 0 Å². The Morgan fingerprint density at radius 3 is 0.860 bits per heavy atom. The molecule has 254 valence electrons. The summed E-state index contributed by atoms with van der Waals surface area (Å²) in [7, 11) is 0. The minimum Gasteiger partial charge on any atom is 2.00 e. The van der Waals surface area contributed by atoms with E-state index < -0.39 is 11.9 Å². The van der Waals surface area contributed by atoms with Crippen molar-refractivity contribution in [3.05, 3.63) is 0 Å². The van der Waals surface area contributed by atoms with Gasteiger partial charge in [0.2, 0.25) is 0 Å². The largest absolute Gasteiger partial charge is 2.00 e. The van der Waals surface area contributed by atoms with Crippen LogP contribution >= 0.6 is 0 Å². The van der Waals surface area contributed by atoms with E-state index in [2.05, 4.69) is 45.9 Å². The summed E-state index contributed by atoms with van der Waals surface area (Å²) < 4.78 is 0. The Kier molecular flexibility index (Phi) is 45.4. The minimum atomic E-state index is -0.920. The molecule has 2 unspecified atom stereocenters. The monoisotopic (exact) mass is 740 g/mol. The first-order valence-corrected chi connectivity index (χ1v) is 19.3. The quantitative estimate of drug-likeness (QED) is 0.0508. The zero-order valence-electron chi connectivity index (χ0n) is 28.4. The Labute approximate surface area is 297 Å². The van der Waals surface area contributed by atoms with E-state index in [1.54, 1.807) is 0 Å². The van der Waals surface area contributed by atoms with Crippen molar-refractivity contribution in [1.82, 2.24) is 0 Å². The van der Waals surface area contributed by atoms with Crippen LogP contribution in [-0.2, 0) is 61.1 Å². The van der Waals surface area contributed by atoms with Crippen LogP contribution in [0, 0.1) is 0 Å². The smallest absolute Gasteiger partial charge is 2.00 e. The SMILES string of the molecule is CCCCCCCCCCC[CH]([Fe])CCCCCC(=O)[O-].CCCCCCCCCCC[CH]([Fe])CCCCCC(=O)[O-].[Zn+2]. The topological polar surface area (TPSA) is 80.3 Å². The molecule has 0 bridgehead atoms. The van der Waals surface area contributed by atoms with Gasteiger partial charge in [0, 0.05) is 0 Å². The van der Waals surface area contributed by atoms with E-state index in [0.717, 1.165) is 51.4 Å². The van der Waals surface area contributed by atoms with Crippen molar-refractivity contribution in [2.24, 2.45) is 0 Å². The number of aliphatic carboxylic acids is 2. The van der Waals surface area contributed by atoms with E-state index in [-0.39, 0.29) is 32.3 Å². The molecule has 4 nitrogen and oxygen atoms in total. The van der Waals surface area contributed by atoms with E-state index in [1.165, 1.54) is 128 Å². The molecule has 0 fully saturated rings. The fourth-order valence-electron chi connectivity index (χ4n) is 5.25. The number of carboxylic acids is 2. The van der Waals surface area contributed by atoms with E-state index in [4.69, 9.17) is 0 Å². The molecule has 0 aliphatic heterocycles. The molecule has 0 aromatic carbocycles. The molecule has 0 rings (SSSR count). The van der Waals surface area contributed by atoms with Crippen LogP contribution in [0.4, 0.5) is 0 Å². The van der Waals surface area contributed by atoms with Gasteiger partial charge in [-0.05, 0) is 0 Å². The number of unbranched alkanes of at least 4 members (excludes halogenated alkanes) is 20. The van der Waals surface area contributed by atoms with Crippen molar-refractivity contribution in [3.8, 4) is 0 Å². The van der Waals surface area contributed by atoms with Crippen molar-refractivity contribution in [1.29, 1.82) is 0 Å². The Bertz CT molecular complexity index is 517. The van der Waals surface area contributed by atoms with E-state index in [1.807, 2.05) is 0 Å². The Balaban J connectivity index is -0.000000727. The van der Waals surface area contributed by atoms with Crippen molar-refractivity contribution < 1.29 is 71.3 Å². The van der Waals surface area contributed by atoms with Crippen molar-refractivity contribution in [3.63, 3.8) is 0 Å². The molecular formula is C36H68Fe2O4Zn. The fraction of sp³-hybridized carbons (Fsp3) is 0.944. The van der Waals surface area contributed by atoms with Gasteiger partial charge < -0.3 is 0 Å². The second-order valence-corrected chi connectivity index (χ2v) is 14.1. The van der Waals surface area contributed by atoms with Crippen molar-refractivity contribution in [2.75, 3.05) is 0 Å². The van der Waals surface area contributed by atoms with E-state index in [9.17, 15) is 19.8 Å². The molecule has 0 amide bonds. The Morgan fingerprint density at radius 2 is 0.628 bits per heavy atom. The number of carboxylic acid groups (broad SMARTS) is 2. The summed E-state index contributed by atoms with van der Waals surface area (Å²) in [6.07, 6.45) is 35.7. The maximum atomic E-state index is 10.3. The summed E-state index contributed by atoms with van der Waals surface area (Å²) in [5, 5.41) is 20.5. The summed E-state index contributed by atoms with van der Waals surface area (Å²) in [6.45, 7) is 4.52. The van der Waals surface area contributed by atoms with Gasteiger partial charge in [0.25, 0.3) is 0 Å². The number of carbonyl (C=O) groups excluding carboxylic acids is 2. The van der Waals surface area contributed by atoms with Crippen molar-refractivity contribution >= 4 is 11.9 Å². The zero-order chi connectivity index (χ0) is 31.5. The van der Waals surface area contributed by atoms with E-state index in [0.29, 0.717) is 9.63 Å². The number of hydrogen-bond donors (Lipinski definition) is 0. The van der Waals surface area contributed by atoms with Crippen LogP contribution in [0.1, 0.15) is 206 Å². The molecule has 0 aliphatic rings. The number of hydrogen-bond acceptors (Lipinski definition) is 4.